The van der Waals surface area contributed by atoms with Gasteiger partial charge in [-0.05, 0) is 36.4 Å². The quantitative estimate of drug-likeness (QED) is 0.849. The first-order valence-corrected chi connectivity index (χ1v) is 8.28. The number of hydrogen-bond acceptors (Lipinski definition) is 3. The summed E-state index contributed by atoms with van der Waals surface area (Å²) in [6, 6.07) is 13.6. The van der Waals surface area contributed by atoms with Gasteiger partial charge in [0.25, 0.3) is 0 Å². The van der Waals surface area contributed by atoms with Crippen LogP contribution in [-0.4, -0.2) is 27.6 Å². The van der Waals surface area contributed by atoms with E-state index >= 15 is 0 Å². The van der Waals surface area contributed by atoms with Gasteiger partial charge in [0.1, 0.15) is 12.4 Å². The van der Waals surface area contributed by atoms with Crippen LogP contribution in [0.15, 0.2) is 57.9 Å². The molecule has 0 aromatic heterocycles. The third kappa shape index (κ3) is 4.41. The Morgan fingerprint density at radius 1 is 1.14 bits per heavy atom. The van der Waals surface area contributed by atoms with Crippen molar-refractivity contribution in [2.24, 2.45) is 0 Å². The van der Waals surface area contributed by atoms with Gasteiger partial charge in [-0.15, -0.1) is 0 Å². The molecule has 2 rings (SSSR count). The van der Waals surface area contributed by atoms with Gasteiger partial charge in [0, 0.05) is 4.47 Å². The smallest absolute Gasteiger partial charge is 0.336 e. The van der Waals surface area contributed by atoms with Gasteiger partial charge in [0.15, 0.2) is 0 Å². The number of carboxylic acid groups (broad SMARTS) is 1. The van der Waals surface area contributed by atoms with Crippen LogP contribution < -0.4 is 4.74 Å². The average molecular weight is 369 g/mol. The van der Waals surface area contributed by atoms with E-state index in [9.17, 15) is 9.00 Å². The van der Waals surface area contributed by atoms with Gasteiger partial charge in [0.2, 0.25) is 0 Å². The van der Waals surface area contributed by atoms with E-state index in [2.05, 4.69) is 15.9 Å². The molecule has 0 aliphatic rings. The van der Waals surface area contributed by atoms with E-state index in [0.29, 0.717) is 10.6 Å². The number of ether oxygens (including phenoxy) is 1. The van der Waals surface area contributed by atoms with E-state index in [0.717, 1.165) is 4.47 Å². The molecule has 1 unspecified atom stereocenters. The fraction of sp³-hybridized carbons (Fsp3) is 0.133. The van der Waals surface area contributed by atoms with Crippen molar-refractivity contribution in [1.29, 1.82) is 0 Å². The zero-order valence-electron chi connectivity index (χ0n) is 11.0. The Balaban J connectivity index is 1.96. The Morgan fingerprint density at radius 3 is 2.48 bits per heavy atom. The maximum Gasteiger partial charge on any atom is 0.336 e. The average Bonchev–Trinajstić information content (AvgIpc) is 2.49. The molecule has 4 nitrogen and oxygen atoms in total. The van der Waals surface area contributed by atoms with Crippen molar-refractivity contribution in [2.75, 3.05) is 12.4 Å². The van der Waals surface area contributed by atoms with Crippen molar-refractivity contribution in [1.82, 2.24) is 0 Å². The van der Waals surface area contributed by atoms with E-state index in [4.69, 9.17) is 9.84 Å². The number of carboxylic acids is 1. The first-order valence-electron chi connectivity index (χ1n) is 6.17. The molecule has 6 heteroatoms. The summed E-state index contributed by atoms with van der Waals surface area (Å²) in [5.41, 5.74) is 0.0690. The molecule has 0 aliphatic carbocycles. The first-order chi connectivity index (χ1) is 10.1. The van der Waals surface area contributed by atoms with Crippen LogP contribution in [0.5, 0.6) is 5.75 Å². The van der Waals surface area contributed by atoms with Crippen molar-refractivity contribution in [3.8, 4) is 5.75 Å². The normalized spacial score (nSPS) is 11.9. The molecular weight excluding hydrogens is 356 g/mol. The van der Waals surface area contributed by atoms with Crippen LogP contribution in [0.25, 0.3) is 0 Å². The number of hydrogen-bond donors (Lipinski definition) is 1. The zero-order valence-corrected chi connectivity index (χ0v) is 13.4. The predicted molar refractivity (Wildman–Crippen MR) is 84.3 cm³/mol. The number of aromatic carboxylic acids is 1. The molecule has 0 saturated heterocycles. The number of rotatable bonds is 6. The van der Waals surface area contributed by atoms with Crippen LogP contribution in [0.4, 0.5) is 0 Å². The molecule has 0 bridgehead atoms. The highest BCUT2D eigenvalue weighted by Gasteiger charge is 2.14. The Labute approximate surface area is 133 Å². The lowest BCUT2D eigenvalue weighted by Crippen LogP contribution is -2.12. The van der Waals surface area contributed by atoms with Crippen molar-refractivity contribution < 1.29 is 18.8 Å². The summed E-state index contributed by atoms with van der Waals surface area (Å²) in [5.74, 6) is -0.158. The fourth-order valence-corrected chi connectivity index (χ4v) is 3.07. The molecule has 2 aromatic carbocycles. The monoisotopic (exact) mass is 368 g/mol. The van der Waals surface area contributed by atoms with Crippen LogP contribution in [0.3, 0.4) is 0 Å². The summed E-state index contributed by atoms with van der Waals surface area (Å²) in [6.45, 7) is 0.252. The first kappa shape index (κ1) is 15.7. The molecule has 1 N–H and O–H groups in total. The minimum absolute atomic E-state index is 0.0690. The highest BCUT2D eigenvalue weighted by atomic mass is 79.9. The minimum Gasteiger partial charge on any atom is -0.493 e. The second kappa shape index (κ2) is 7.38. The van der Waals surface area contributed by atoms with E-state index in [-0.39, 0.29) is 17.9 Å². The molecule has 21 heavy (non-hydrogen) atoms. The largest absolute Gasteiger partial charge is 0.493 e. The minimum atomic E-state index is -1.41. The van der Waals surface area contributed by atoms with E-state index in [1.807, 2.05) is 12.1 Å². The molecule has 0 fully saturated rings. The predicted octanol–water partition coefficient (Wildman–Crippen LogP) is 3.33. The second-order valence-electron chi connectivity index (χ2n) is 4.15. The molecular formula is C15H13BrO4S. The SMILES string of the molecule is O=C(O)c1ccccc1S(=O)CCOc1ccc(Br)cc1. The molecule has 0 aliphatic heterocycles. The lowest BCUT2D eigenvalue weighted by molar-refractivity contribution is 0.0693. The topological polar surface area (TPSA) is 63.6 Å². The lowest BCUT2D eigenvalue weighted by atomic mass is 10.2. The second-order valence-corrected chi connectivity index (χ2v) is 6.61. The van der Waals surface area contributed by atoms with Crippen LogP contribution in [0, 0.1) is 0 Å². The maximum absolute atomic E-state index is 12.2. The highest BCUT2D eigenvalue weighted by Crippen LogP contribution is 2.17. The van der Waals surface area contributed by atoms with E-state index in [1.54, 1.807) is 30.3 Å². The molecule has 0 amide bonds. The summed E-state index contributed by atoms with van der Waals surface area (Å²) in [7, 11) is -1.41. The van der Waals surface area contributed by atoms with Gasteiger partial charge in [-0.25, -0.2) is 4.79 Å². The Kier molecular flexibility index (Phi) is 5.52. The number of benzene rings is 2. The Morgan fingerprint density at radius 2 is 1.81 bits per heavy atom. The Bertz CT molecular complexity index is 655. The summed E-state index contributed by atoms with van der Waals surface area (Å²) in [4.78, 5) is 11.4. The number of carbonyl (C=O) groups is 1. The van der Waals surface area contributed by atoms with Gasteiger partial charge in [-0.3, -0.25) is 4.21 Å². The lowest BCUT2D eigenvalue weighted by Gasteiger charge is -2.08. The zero-order chi connectivity index (χ0) is 15.2. The van der Waals surface area contributed by atoms with Crippen LogP contribution >= 0.6 is 15.9 Å². The third-order valence-corrected chi connectivity index (χ3v) is 4.63. The van der Waals surface area contributed by atoms with Crippen molar-refractivity contribution in [3.05, 3.63) is 58.6 Å². The van der Waals surface area contributed by atoms with Crippen molar-refractivity contribution in [3.63, 3.8) is 0 Å². The Hall–Kier alpha value is -1.66. The molecule has 0 spiro atoms. The standard InChI is InChI=1S/C15H13BrO4S/c16-11-5-7-12(8-6-11)20-9-10-21(19)14-4-2-1-3-13(14)15(17)18/h1-8H,9-10H2,(H,17,18). The summed E-state index contributed by atoms with van der Waals surface area (Å²) < 4.78 is 18.6. The summed E-state index contributed by atoms with van der Waals surface area (Å²) >= 11 is 3.33. The van der Waals surface area contributed by atoms with Gasteiger partial charge in [0.05, 0.1) is 27.0 Å². The summed E-state index contributed by atoms with van der Waals surface area (Å²) in [6.07, 6.45) is 0. The van der Waals surface area contributed by atoms with Gasteiger partial charge in [-0.1, -0.05) is 28.1 Å². The molecule has 2 aromatic rings. The molecule has 0 radical (unpaired) electrons. The molecule has 1 atom stereocenters. The van der Waals surface area contributed by atoms with E-state index in [1.165, 1.54) is 6.07 Å². The molecule has 110 valence electrons. The van der Waals surface area contributed by atoms with Crippen molar-refractivity contribution >= 4 is 32.7 Å². The molecule has 0 saturated carbocycles. The maximum atomic E-state index is 12.2. The van der Waals surface area contributed by atoms with Crippen LogP contribution in [0.2, 0.25) is 0 Å². The number of halogens is 1. The van der Waals surface area contributed by atoms with Gasteiger partial charge < -0.3 is 9.84 Å². The van der Waals surface area contributed by atoms with E-state index < -0.39 is 16.8 Å². The van der Waals surface area contributed by atoms with Gasteiger partial charge in [-0.2, -0.15) is 0 Å². The molecule has 0 heterocycles. The highest BCUT2D eigenvalue weighted by molar-refractivity contribution is 9.10. The summed E-state index contributed by atoms with van der Waals surface area (Å²) in [5, 5.41) is 9.07. The van der Waals surface area contributed by atoms with Crippen LogP contribution in [0.1, 0.15) is 10.4 Å². The van der Waals surface area contributed by atoms with Crippen molar-refractivity contribution in [2.45, 2.75) is 4.90 Å². The third-order valence-electron chi connectivity index (χ3n) is 2.71. The van der Waals surface area contributed by atoms with Crippen LogP contribution in [-0.2, 0) is 10.8 Å². The van der Waals surface area contributed by atoms with Gasteiger partial charge >= 0.3 is 5.97 Å². The fourth-order valence-electron chi connectivity index (χ4n) is 1.72.